The van der Waals surface area contributed by atoms with Crippen LogP contribution in [0.2, 0.25) is 0 Å². The number of piperazine rings is 1. The minimum absolute atomic E-state index is 0.0403. The SMILES string of the molecule is COc1ccc([C@@H](c2nnnn2C2CCCCC2)N2CCN(C)CC2)c(OC)c1. The number of hydrogen-bond donors (Lipinski definition) is 0. The molecule has 0 radical (unpaired) electrons. The van der Waals surface area contributed by atoms with Crippen molar-refractivity contribution in [2.24, 2.45) is 0 Å². The third-order valence-electron chi connectivity index (χ3n) is 6.32. The lowest BCUT2D eigenvalue weighted by Gasteiger charge is -2.38. The van der Waals surface area contributed by atoms with Gasteiger partial charge in [0.25, 0.3) is 0 Å². The van der Waals surface area contributed by atoms with E-state index in [0.29, 0.717) is 6.04 Å². The van der Waals surface area contributed by atoms with E-state index < -0.39 is 0 Å². The van der Waals surface area contributed by atoms with Crippen LogP contribution in [0.25, 0.3) is 0 Å². The molecule has 1 saturated carbocycles. The maximum atomic E-state index is 5.77. The molecule has 2 aliphatic rings. The largest absolute Gasteiger partial charge is 0.497 e. The van der Waals surface area contributed by atoms with Crippen molar-refractivity contribution in [3.8, 4) is 11.5 Å². The number of likely N-dealkylation sites (N-methyl/N-ethyl adjacent to an activating group) is 1. The lowest BCUT2D eigenvalue weighted by atomic mass is 9.95. The van der Waals surface area contributed by atoms with Crippen molar-refractivity contribution in [2.75, 3.05) is 47.4 Å². The molecule has 29 heavy (non-hydrogen) atoms. The molecule has 0 unspecified atom stereocenters. The second-order valence-electron chi connectivity index (χ2n) is 8.12. The van der Waals surface area contributed by atoms with E-state index in [1.54, 1.807) is 14.2 Å². The Bertz CT molecular complexity index is 796. The molecule has 158 valence electrons. The van der Waals surface area contributed by atoms with Crippen LogP contribution in [0.1, 0.15) is 55.6 Å². The number of nitrogens with zero attached hydrogens (tertiary/aromatic N) is 6. The highest BCUT2D eigenvalue weighted by atomic mass is 16.5. The molecule has 0 bridgehead atoms. The minimum Gasteiger partial charge on any atom is -0.497 e. The van der Waals surface area contributed by atoms with Crippen LogP contribution in [0.15, 0.2) is 18.2 Å². The van der Waals surface area contributed by atoms with E-state index in [9.17, 15) is 0 Å². The highest BCUT2D eigenvalue weighted by Gasteiger charge is 2.34. The Morgan fingerprint density at radius 3 is 2.45 bits per heavy atom. The number of aromatic nitrogens is 4. The normalized spacial score (nSPS) is 20.5. The van der Waals surface area contributed by atoms with Gasteiger partial charge in [-0.25, -0.2) is 4.68 Å². The van der Waals surface area contributed by atoms with Crippen molar-refractivity contribution < 1.29 is 9.47 Å². The minimum atomic E-state index is -0.0403. The van der Waals surface area contributed by atoms with Crippen LogP contribution in [0, 0.1) is 0 Å². The molecule has 2 aromatic rings. The van der Waals surface area contributed by atoms with Crippen molar-refractivity contribution in [3.63, 3.8) is 0 Å². The molecule has 8 nitrogen and oxygen atoms in total. The van der Waals surface area contributed by atoms with Crippen molar-refractivity contribution >= 4 is 0 Å². The molecule has 0 N–H and O–H groups in total. The lowest BCUT2D eigenvalue weighted by Crippen LogP contribution is -2.47. The molecule has 8 heteroatoms. The molecular formula is C21H32N6O2. The van der Waals surface area contributed by atoms with Crippen molar-refractivity contribution in [2.45, 2.75) is 44.2 Å². The van der Waals surface area contributed by atoms with Crippen LogP contribution in [-0.2, 0) is 0 Å². The Balaban J connectivity index is 1.75. The van der Waals surface area contributed by atoms with Gasteiger partial charge in [0.05, 0.1) is 20.3 Å². The summed E-state index contributed by atoms with van der Waals surface area (Å²) in [6, 6.07) is 6.39. The Kier molecular flexibility index (Phi) is 6.30. The molecule has 2 heterocycles. The Labute approximate surface area is 172 Å². The average Bonchev–Trinajstić information content (AvgIpc) is 3.25. The summed E-state index contributed by atoms with van der Waals surface area (Å²) in [5.74, 6) is 2.52. The predicted molar refractivity (Wildman–Crippen MR) is 110 cm³/mol. The van der Waals surface area contributed by atoms with Gasteiger partial charge in [0, 0.05) is 37.8 Å². The van der Waals surface area contributed by atoms with E-state index >= 15 is 0 Å². The first kappa shape index (κ1) is 20.1. The smallest absolute Gasteiger partial charge is 0.173 e. The maximum absolute atomic E-state index is 5.77. The lowest BCUT2D eigenvalue weighted by molar-refractivity contribution is 0.118. The number of hydrogen-bond acceptors (Lipinski definition) is 7. The van der Waals surface area contributed by atoms with Crippen LogP contribution in [0.4, 0.5) is 0 Å². The summed E-state index contributed by atoms with van der Waals surface area (Å²) in [4.78, 5) is 4.85. The zero-order valence-electron chi connectivity index (χ0n) is 17.8. The summed E-state index contributed by atoms with van der Waals surface area (Å²) < 4.78 is 13.3. The quantitative estimate of drug-likeness (QED) is 0.738. The number of ether oxygens (including phenoxy) is 2. The molecule has 1 aromatic carbocycles. The molecule has 1 saturated heterocycles. The molecule has 1 aromatic heterocycles. The van der Waals surface area contributed by atoms with Crippen molar-refractivity contribution in [1.82, 2.24) is 30.0 Å². The molecule has 2 fully saturated rings. The number of tetrazole rings is 1. The third kappa shape index (κ3) is 4.23. The summed E-state index contributed by atoms with van der Waals surface area (Å²) in [7, 11) is 5.56. The fourth-order valence-electron chi connectivity index (χ4n) is 4.59. The molecule has 1 aliphatic carbocycles. The first-order chi connectivity index (χ1) is 14.2. The van der Waals surface area contributed by atoms with E-state index in [0.717, 1.165) is 61.9 Å². The van der Waals surface area contributed by atoms with E-state index in [1.165, 1.54) is 19.3 Å². The second-order valence-corrected chi connectivity index (χ2v) is 8.12. The molecule has 4 rings (SSSR count). The van der Waals surface area contributed by atoms with Gasteiger partial charge in [-0.3, -0.25) is 4.90 Å². The summed E-state index contributed by atoms with van der Waals surface area (Å²) >= 11 is 0. The summed E-state index contributed by atoms with van der Waals surface area (Å²) in [6.07, 6.45) is 6.09. The van der Waals surface area contributed by atoms with Gasteiger partial charge in [0.2, 0.25) is 0 Å². The average molecular weight is 401 g/mol. The number of benzene rings is 1. The van der Waals surface area contributed by atoms with E-state index in [1.807, 2.05) is 12.1 Å². The third-order valence-corrected chi connectivity index (χ3v) is 6.32. The van der Waals surface area contributed by atoms with Crippen LogP contribution in [0.5, 0.6) is 11.5 Å². The second kappa shape index (κ2) is 9.09. The highest BCUT2D eigenvalue weighted by Crippen LogP contribution is 2.38. The van der Waals surface area contributed by atoms with Gasteiger partial charge >= 0.3 is 0 Å². The van der Waals surface area contributed by atoms with Crippen LogP contribution in [0.3, 0.4) is 0 Å². The van der Waals surface area contributed by atoms with E-state index in [2.05, 4.69) is 43.1 Å². The fourth-order valence-corrected chi connectivity index (χ4v) is 4.59. The Morgan fingerprint density at radius 1 is 1.00 bits per heavy atom. The van der Waals surface area contributed by atoms with E-state index in [-0.39, 0.29) is 6.04 Å². The van der Waals surface area contributed by atoms with Gasteiger partial charge in [0.15, 0.2) is 5.82 Å². The summed E-state index contributed by atoms with van der Waals surface area (Å²) in [6.45, 7) is 3.99. The van der Waals surface area contributed by atoms with Gasteiger partial charge in [-0.05, 0) is 42.4 Å². The Hall–Kier alpha value is -2.19. The standard InChI is InChI=1S/C21H32N6O2/c1-25-11-13-26(14-12-25)20(18-10-9-17(28-2)15-19(18)29-3)21-22-23-24-27(21)16-7-5-4-6-8-16/h9-10,15-16,20H,4-8,11-14H2,1-3H3/t20-/m0/s1. The molecule has 1 aliphatic heterocycles. The maximum Gasteiger partial charge on any atom is 0.173 e. The van der Waals surface area contributed by atoms with Crippen LogP contribution >= 0.6 is 0 Å². The summed E-state index contributed by atoms with van der Waals surface area (Å²) in [5, 5.41) is 13.1. The first-order valence-corrected chi connectivity index (χ1v) is 10.6. The van der Waals surface area contributed by atoms with Gasteiger partial charge in [-0.2, -0.15) is 0 Å². The number of methoxy groups -OCH3 is 2. The molecule has 1 atom stereocenters. The van der Waals surface area contributed by atoms with Crippen LogP contribution < -0.4 is 9.47 Å². The predicted octanol–water partition coefficient (Wildman–Crippen LogP) is 2.53. The zero-order chi connectivity index (χ0) is 20.2. The Morgan fingerprint density at radius 2 is 1.76 bits per heavy atom. The zero-order valence-corrected chi connectivity index (χ0v) is 17.8. The molecule has 0 amide bonds. The van der Waals surface area contributed by atoms with Gasteiger partial charge in [0.1, 0.15) is 17.5 Å². The molecular weight excluding hydrogens is 368 g/mol. The van der Waals surface area contributed by atoms with E-state index in [4.69, 9.17) is 9.47 Å². The van der Waals surface area contributed by atoms with Crippen molar-refractivity contribution in [3.05, 3.63) is 29.6 Å². The summed E-state index contributed by atoms with van der Waals surface area (Å²) in [5.41, 5.74) is 1.09. The first-order valence-electron chi connectivity index (χ1n) is 10.6. The monoisotopic (exact) mass is 400 g/mol. The fraction of sp³-hybridized carbons (Fsp3) is 0.667. The topological polar surface area (TPSA) is 68.5 Å². The highest BCUT2D eigenvalue weighted by molar-refractivity contribution is 5.44. The van der Waals surface area contributed by atoms with Crippen LogP contribution in [-0.4, -0.2) is 77.5 Å². The molecule has 0 spiro atoms. The van der Waals surface area contributed by atoms with Crippen molar-refractivity contribution in [1.29, 1.82) is 0 Å². The van der Waals surface area contributed by atoms with Gasteiger partial charge in [-0.15, -0.1) is 5.10 Å². The van der Waals surface area contributed by atoms with Gasteiger partial charge in [-0.1, -0.05) is 19.3 Å². The van der Waals surface area contributed by atoms with Gasteiger partial charge < -0.3 is 14.4 Å². The number of rotatable bonds is 6.